The molecule has 2 aromatic heterocycles. The molecule has 9 nitrogen and oxygen atoms in total. The van der Waals surface area contributed by atoms with Crippen molar-refractivity contribution in [1.82, 2.24) is 25.0 Å². The van der Waals surface area contributed by atoms with Gasteiger partial charge in [0.2, 0.25) is 11.7 Å². The zero-order valence-electron chi connectivity index (χ0n) is 18.3. The summed E-state index contributed by atoms with van der Waals surface area (Å²) in [6.07, 6.45) is -2.57. The van der Waals surface area contributed by atoms with Crippen LogP contribution in [0.1, 0.15) is 28.9 Å². The Balaban J connectivity index is 1.40. The quantitative estimate of drug-likeness (QED) is 0.430. The number of benzene rings is 2. The molecule has 0 fully saturated rings. The number of methoxy groups -OCH3 is 1. The Hall–Kier alpha value is -4.35. The van der Waals surface area contributed by atoms with Gasteiger partial charge in [-0.1, -0.05) is 17.3 Å². The molecule has 1 unspecified atom stereocenters. The molecule has 180 valence electrons. The van der Waals surface area contributed by atoms with Crippen molar-refractivity contribution in [3.05, 3.63) is 77.7 Å². The minimum absolute atomic E-state index is 0.122. The summed E-state index contributed by atoms with van der Waals surface area (Å²) in [7, 11) is 1.55. The van der Waals surface area contributed by atoms with Crippen LogP contribution in [-0.4, -0.2) is 38.1 Å². The standard InChI is InChI=1S/C23H19F3N6O3/c1-34-16-8-6-15(7-9-16)29-22(33)32-11-18-17(27-12-28-18)10-19(32)21-30-20(31-35-21)13-2-4-14(5-3-13)23(24,25)26/h2-9,12,19H,10-11H2,1H3,(H,27,28)(H,29,33). The van der Waals surface area contributed by atoms with Gasteiger partial charge >= 0.3 is 12.2 Å². The number of amides is 2. The van der Waals surface area contributed by atoms with E-state index in [0.717, 1.165) is 23.5 Å². The molecule has 0 aliphatic carbocycles. The summed E-state index contributed by atoms with van der Waals surface area (Å²) in [6.45, 7) is 0.222. The second kappa shape index (κ2) is 8.78. The number of anilines is 1. The molecule has 0 radical (unpaired) electrons. The summed E-state index contributed by atoms with van der Waals surface area (Å²) in [5, 5.41) is 6.77. The topological polar surface area (TPSA) is 109 Å². The minimum Gasteiger partial charge on any atom is -0.497 e. The number of halogens is 3. The second-order valence-corrected chi connectivity index (χ2v) is 7.87. The number of nitrogens with zero attached hydrogens (tertiary/aromatic N) is 4. The number of rotatable bonds is 4. The van der Waals surface area contributed by atoms with E-state index < -0.39 is 23.8 Å². The highest BCUT2D eigenvalue weighted by Crippen LogP contribution is 2.34. The summed E-state index contributed by atoms with van der Waals surface area (Å²) in [5.74, 6) is 0.929. The number of carbonyl (C=O) groups excluding carboxylic acids is 1. The van der Waals surface area contributed by atoms with Gasteiger partial charge in [-0.25, -0.2) is 9.78 Å². The summed E-state index contributed by atoms with van der Waals surface area (Å²) >= 11 is 0. The first-order chi connectivity index (χ1) is 16.8. The van der Waals surface area contributed by atoms with Gasteiger partial charge in [-0.15, -0.1) is 0 Å². The van der Waals surface area contributed by atoms with Crippen LogP contribution in [0.5, 0.6) is 5.75 Å². The molecule has 1 aliphatic rings. The molecule has 12 heteroatoms. The Labute approximate surface area is 196 Å². The zero-order chi connectivity index (χ0) is 24.6. The Morgan fingerprint density at radius 1 is 1.17 bits per heavy atom. The van der Waals surface area contributed by atoms with Crippen molar-refractivity contribution in [1.29, 1.82) is 0 Å². The third-order valence-corrected chi connectivity index (χ3v) is 5.70. The average Bonchev–Trinajstić information content (AvgIpc) is 3.53. The third kappa shape index (κ3) is 4.54. The van der Waals surface area contributed by atoms with Gasteiger partial charge in [-0.3, -0.25) is 0 Å². The van der Waals surface area contributed by atoms with Gasteiger partial charge in [0.15, 0.2) is 0 Å². The van der Waals surface area contributed by atoms with Crippen LogP contribution in [0.3, 0.4) is 0 Å². The lowest BCUT2D eigenvalue weighted by molar-refractivity contribution is -0.137. The summed E-state index contributed by atoms with van der Waals surface area (Å²) in [5.41, 5.74) is 1.70. The number of nitrogens with one attached hydrogen (secondary N) is 2. The number of imidazole rings is 1. The number of alkyl halides is 3. The van der Waals surface area contributed by atoms with Crippen molar-refractivity contribution in [3.8, 4) is 17.1 Å². The zero-order valence-corrected chi connectivity index (χ0v) is 18.3. The van der Waals surface area contributed by atoms with Gasteiger partial charge in [0.05, 0.1) is 36.9 Å². The van der Waals surface area contributed by atoms with Gasteiger partial charge in [0.1, 0.15) is 11.8 Å². The van der Waals surface area contributed by atoms with Gasteiger partial charge in [0, 0.05) is 17.7 Å². The molecular weight excluding hydrogens is 465 g/mol. The highest BCUT2D eigenvalue weighted by molar-refractivity contribution is 5.89. The van der Waals surface area contributed by atoms with E-state index in [4.69, 9.17) is 9.26 Å². The molecule has 3 heterocycles. The van der Waals surface area contributed by atoms with E-state index in [1.54, 1.807) is 37.7 Å². The SMILES string of the molecule is COc1ccc(NC(=O)N2Cc3[nH]cnc3CC2c2nc(-c3ccc(C(F)(F)F)cc3)no2)cc1. The predicted octanol–water partition coefficient (Wildman–Crippen LogP) is 4.82. The molecule has 1 atom stereocenters. The van der Waals surface area contributed by atoms with Crippen molar-refractivity contribution in [2.24, 2.45) is 0 Å². The van der Waals surface area contributed by atoms with E-state index in [-0.39, 0.29) is 18.3 Å². The molecule has 0 saturated heterocycles. The molecule has 0 saturated carbocycles. The van der Waals surface area contributed by atoms with E-state index in [9.17, 15) is 18.0 Å². The highest BCUT2D eigenvalue weighted by atomic mass is 19.4. The van der Waals surface area contributed by atoms with E-state index in [0.29, 0.717) is 23.4 Å². The maximum absolute atomic E-state index is 13.2. The largest absolute Gasteiger partial charge is 0.497 e. The van der Waals surface area contributed by atoms with Crippen LogP contribution in [0.4, 0.5) is 23.7 Å². The van der Waals surface area contributed by atoms with Crippen molar-refractivity contribution >= 4 is 11.7 Å². The molecule has 4 aromatic rings. The number of hydrogen-bond acceptors (Lipinski definition) is 6. The molecule has 2 amide bonds. The van der Waals surface area contributed by atoms with Crippen LogP contribution in [0.2, 0.25) is 0 Å². The summed E-state index contributed by atoms with van der Waals surface area (Å²) in [4.78, 5) is 26.5. The monoisotopic (exact) mass is 484 g/mol. The van der Waals surface area contributed by atoms with Crippen LogP contribution in [-0.2, 0) is 19.1 Å². The number of aromatic nitrogens is 4. The molecule has 1 aliphatic heterocycles. The van der Waals surface area contributed by atoms with E-state index in [1.807, 2.05) is 0 Å². The number of aromatic amines is 1. The summed E-state index contributed by atoms with van der Waals surface area (Å²) in [6, 6.07) is 10.3. The van der Waals surface area contributed by atoms with Gasteiger partial charge in [-0.05, 0) is 36.4 Å². The van der Waals surface area contributed by atoms with Gasteiger partial charge in [0.25, 0.3) is 0 Å². The lowest BCUT2D eigenvalue weighted by Crippen LogP contribution is -2.41. The summed E-state index contributed by atoms with van der Waals surface area (Å²) < 4.78 is 49.2. The van der Waals surface area contributed by atoms with Gasteiger partial charge in [-0.2, -0.15) is 18.2 Å². The van der Waals surface area contributed by atoms with Crippen LogP contribution in [0, 0.1) is 0 Å². The van der Waals surface area contributed by atoms with E-state index in [2.05, 4.69) is 25.4 Å². The lowest BCUT2D eigenvalue weighted by Gasteiger charge is -2.32. The fourth-order valence-electron chi connectivity index (χ4n) is 3.84. The van der Waals surface area contributed by atoms with E-state index >= 15 is 0 Å². The van der Waals surface area contributed by atoms with Crippen LogP contribution in [0.25, 0.3) is 11.4 Å². The predicted molar refractivity (Wildman–Crippen MR) is 117 cm³/mol. The normalized spacial score (nSPS) is 15.5. The first-order valence-corrected chi connectivity index (χ1v) is 10.6. The number of ether oxygens (including phenoxy) is 1. The lowest BCUT2D eigenvalue weighted by atomic mass is 10.0. The molecular formula is C23H19F3N6O3. The Morgan fingerprint density at radius 2 is 1.91 bits per heavy atom. The fraction of sp³-hybridized carbons (Fsp3) is 0.217. The van der Waals surface area contributed by atoms with Crippen LogP contribution in [0.15, 0.2) is 59.4 Å². The van der Waals surface area contributed by atoms with Crippen molar-refractivity contribution in [3.63, 3.8) is 0 Å². The number of carbonyl (C=O) groups is 1. The highest BCUT2D eigenvalue weighted by Gasteiger charge is 2.36. The average molecular weight is 484 g/mol. The van der Waals surface area contributed by atoms with Crippen molar-refractivity contribution in [2.75, 3.05) is 12.4 Å². The molecule has 0 bridgehead atoms. The Bertz CT molecular complexity index is 1330. The number of fused-ring (bicyclic) bond motifs is 1. The maximum Gasteiger partial charge on any atom is 0.416 e. The second-order valence-electron chi connectivity index (χ2n) is 7.87. The smallest absolute Gasteiger partial charge is 0.416 e. The molecule has 35 heavy (non-hydrogen) atoms. The Morgan fingerprint density at radius 3 is 2.60 bits per heavy atom. The van der Waals surface area contributed by atoms with E-state index in [1.165, 1.54) is 17.0 Å². The maximum atomic E-state index is 13.2. The first-order valence-electron chi connectivity index (χ1n) is 10.6. The first kappa shape index (κ1) is 22.4. The van der Waals surface area contributed by atoms with Crippen molar-refractivity contribution in [2.45, 2.75) is 25.2 Å². The number of H-pyrrole nitrogens is 1. The minimum atomic E-state index is -4.44. The third-order valence-electron chi connectivity index (χ3n) is 5.70. The molecule has 2 N–H and O–H groups in total. The Kier molecular flexibility index (Phi) is 5.63. The van der Waals surface area contributed by atoms with Gasteiger partial charge < -0.3 is 24.5 Å². The van der Waals surface area contributed by atoms with Crippen molar-refractivity contribution < 1.29 is 27.2 Å². The number of urea groups is 1. The molecule has 0 spiro atoms. The van der Waals surface area contributed by atoms with Crippen LogP contribution < -0.4 is 10.1 Å². The molecule has 5 rings (SSSR count). The number of hydrogen-bond donors (Lipinski definition) is 2. The van der Waals surface area contributed by atoms with Crippen LogP contribution >= 0.6 is 0 Å². The fourth-order valence-corrected chi connectivity index (χ4v) is 3.84. The molecule has 2 aromatic carbocycles.